The number of hydrogen-bond acceptors (Lipinski definition) is 6. The lowest BCUT2D eigenvalue weighted by Crippen LogP contribution is -2.34. The van der Waals surface area contributed by atoms with Gasteiger partial charge in [0, 0.05) is 49.4 Å². The van der Waals surface area contributed by atoms with Crippen LogP contribution in [0.15, 0.2) is 36.5 Å². The number of piperidine rings is 1. The van der Waals surface area contributed by atoms with Crippen LogP contribution in [0.5, 0.6) is 0 Å². The van der Waals surface area contributed by atoms with Gasteiger partial charge in [0.1, 0.15) is 11.6 Å². The Labute approximate surface area is 199 Å². The van der Waals surface area contributed by atoms with E-state index in [1.54, 1.807) is 0 Å². The Morgan fingerprint density at radius 1 is 1.03 bits per heavy atom. The molecular formula is C25H29ClN6O. The average molecular weight is 465 g/mol. The maximum atomic E-state index is 6.42. The molecule has 33 heavy (non-hydrogen) atoms. The van der Waals surface area contributed by atoms with E-state index in [0.29, 0.717) is 12.0 Å². The lowest BCUT2D eigenvalue weighted by Gasteiger charge is -2.32. The molecule has 0 N–H and O–H groups in total. The van der Waals surface area contributed by atoms with Crippen LogP contribution >= 0.6 is 11.6 Å². The van der Waals surface area contributed by atoms with Gasteiger partial charge in [-0.3, -0.25) is 9.47 Å². The van der Waals surface area contributed by atoms with E-state index in [0.717, 1.165) is 81.1 Å². The summed E-state index contributed by atoms with van der Waals surface area (Å²) in [5.74, 6) is 3.54. The molecule has 2 aromatic heterocycles. The van der Waals surface area contributed by atoms with E-state index in [4.69, 9.17) is 26.5 Å². The van der Waals surface area contributed by atoms with Gasteiger partial charge in [0.2, 0.25) is 0 Å². The molecule has 6 rings (SSSR count). The van der Waals surface area contributed by atoms with Crippen LogP contribution in [-0.2, 0) is 17.8 Å². The van der Waals surface area contributed by atoms with Gasteiger partial charge in [-0.1, -0.05) is 11.6 Å². The Morgan fingerprint density at radius 3 is 2.70 bits per heavy atom. The lowest BCUT2D eigenvalue weighted by molar-refractivity contribution is 0.133. The number of anilines is 1. The topological polar surface area (TPSA) is 59.3 Å². The molecule has 0 amide bonds. The fraction of sp³-hybridized carbons (Fsp3) is 0.480. The van der Waals surface area contributed by atoms with Crippen LogP contribution < -0.4 is 4.90 Å². The molecule has 0 radical (unpaired) electrons. The summed E-state index contributed by atoms with van der Waals surface area (Å²) in [6.07, 6.45) is 5.04. The van der Waals surface area contributed by atoms with Gasteiger partial charge < -0.3 is 9.64 Å². The molecule has 0 saturated carbocycles. The van der Waals surface area contributed by atoms with Gasteiger partial charge in [-0.2, -0.15) is 0 Å². The smallest absolute Gasteiger partial charge is 0.151 e. The van der Waals surface area contributed by atoms with Crippen molar-refractivity contribution in [2.24, 2.45) is 0 Å². The number of benzene rings is 1. The monoisotopic (exact) mass is 464 g/mol. The molecule has 5 heterocycles. The second kappa shape index (κ2) is 8.70. The molecule has 3 aliphatic rings. The zero-order chi connectivity index (χ0) is 22.4. The molecule has 172 valence electrons. The van der Waals surface area contributed by atoms with Gasteiger partial charge >= 0.3 is 0 Å². The molecule has 1 aromatic carbocycles. The minimum absolute atomic E-state index is 0.372. The SMILES string of the molecule is Cc1ccnc(N2CCC(c3nnc4n3-c3ccc(Cl)cc3CN([C@H]3CCOC3)C4)CC2)c1. The van der Waals surface area contributed by atoms with E-state index in [1.165, 1.54) is 16.8 Å². The highest BCUT2D eigenvalue weighted by Gasteiger charge is 2.33. The van der Waals surface area contributed by atoms with Crippen molar-refractivity contribution >= 4 is 17.4 Å². The fourth-order valence-corrected chi connectivity index (χ4v) is 5.64. The number of hydrogen-bond donors (Lipinski definition) is 0. The van der Waals surface area contributed by atoms with Crippen molar-refractivity contribution in [2.75, 3.05) is 31.2 Å². The molecule has 0 spiro atoms. The number of aromatic nitrogens is 4. The summed E-state index contributed by atoms with van der Waals surface area (Å²) >= 11 is 6.42. The first-order chi connectivity index (χ1) is 16.2. The van der Waals surface area contributed by atoms with Crippen LogP contribution in [0.25, 0.3) is 5.69 Å². The van der Waals surface area contributed by atoms with E-state index in [1.807, 2.05) is 18.3 Å². The van der Waals surface area contributed by atoms with Crippen molar-refractivity contribution in [1.29, 1.82) is 0 Å². The lowest BCUT2D eigenvalue weighted by atomic mass is 9.95. The summed E-state index contributed by atoms with van der Waals surface area (Å²) in [5, 5.41) is 10.2. The van der Waals surface area contributed by atoms with Crippen molar-refractivity contribution in [2.45, 2.75) is 51.2 Å². The molecule has 8 heteroatoms. The summed E-state index contributed by atoms with van der Waals surface area (Å²) in [4.78, 5) is 9.45. The Bertz CT molecular complexity index is 1150. The number of aryl methyl sites for hydroxylation is 1. The molecule has 2 saturated heterocycles. The predicted molar refractivity (Wildman–Crippen MR) is 128 cm³/mol. The minimum atomic E-state index is 0.372. The predicted octanol–water partition coefficient (Wildman–Crippen LogP) is 4.11. The first kappa shape index (κ1) is 21.1. The molecule has 1 atom stereocenters. The van der Waals surface area contributed by atoms with E-state index < -0.39 is 0 Å². The average Bonchev–Trinajstić information content (AvgIpc) is 3.47. The first-order valence-electron chi connectivity index (χ1n) is 11.9. The number of rotatable bonds is 3. The van der Waals surface area contributed by atoms with Gasteiger partial charge in [-0.05, 0) is 67.6 Å². The van der Waals surface area contributed by atoms with Crippen molar-refractivity contribution < 1.29 is 4.74 Å². The Kier molecular flexibility index (Phi) is 5.56. The van der Waals surface area contributed by atoms with Crippen LogP contribution in [0.2, 0.25) is 5.02 Å². The molecule has 3 aliphatic heterocycles. The highest BCUT2D eigenvalue weighted by molar-refractivity contribution is 6.30. The third-order valence-corrected chi connectivity index (χ3v) is 7.50. The fourth-order valence-electron chi connectivity index (χ4n) is 5.44. The number of ether oxygens (including phenoxy) is 1. The van der Waals surface area contributed by atoms with Gasteiger partial charge in [-0.25, -0.2) is 4.98 Å². The van der Waals surface area contributed by atoms with Gasteiger partial charge in [0.05, 0.1) is 18.8 Å². The third kappa shape index (κ3) is 4.03. The van der Waals surface area contributed by atoms with Gasteiger partial charge in [0.15, 0.2) is 5.82 Å². The van der Waals surface area contributed by atoms with E-state index in [9.17, 15) is 0 Å². The summed E-state index contributed by atoms with van der Waals surface area (Å²) in [6.45, 7) is 7.31. The van der Waals surface area contributed by atoms with Crippen LogP contribution in [0.3, 0.4) is 0 Å². The van der Waals surface area contributed by atoms with Gasteiger partial charge in [-0.15, -0.1) is 10.2 Å². The number of pyridine rings is 1. The maximum Gasteiger partial charge on any atom is 0.151 e. The number of halogens is 1. The van der Waals surface area contributed by atoms with Crippen LogP contribution in [0, 0.1) is 6.92 Å². The summed E-state index contributed by atoms with van der Waals surface area (Å²) in [7, 11) is 0. The standard InChI is InChI=1S/C25H29ClN6O/c1-17-4-8-27-23(12-17)30-9-5-18(6-10-30)25-29-28-24-15-31(21-7-11-33-16-21)14-19-13-20(26)2-3-22(19)32(24)25/h2-4,8,12-13,18,21H,5-7,9-11,14-16H2,1H3/t21-/m0/s1. The zero-order valence-corrected chi connectivity index (χ0v) is 19.7. The highest BCUT2D eigenvalue weighted by atomic mass is 35.5. The molecule has 3 aromatic rings. The first-order valence-corrected chi connectivity index (χ1v) is 12.3. The Hall–Kier alpha value is -2.48. The van der Waals surface area contributed by atoms with Crippen LogP contribution in [0.4, 0.5) is 5.82 Å². The summed E-state index contributed by atoms with van der Waals surface area (Å²) in [6, 6.07) is 10.8. The Balaban J connectivity index is 1.30. The Morgan fingerprint density at radius 2 is 1.91 bits per heavy atom. The zero-order valence-electron chi connectivity index (χ0n) is 19.0. The number of fused-ring (bicyclic) bond motifs is 3. The normalized spacial score (nSPS) is 21.6. The minimum Gasteiger partial charge on any atom is -0.380 e. The molecule has 0 unspecified atom stereocenters. The van der Waals surface area contributed by atoms with Crippen LogP contribution in [-0.4, -0.2) is 57.0 Å². The van der Waals surface area contributed by atoms with E-state index in [-0.39, 0.29) is 0 Å². The van der Waals surface area contributed by atoms with Crippen molar-refractivity contribution in [3.8, 4) is 5.69 Å². The van der Waals surface area contributed by atoms with E-state index in [2.05, 4.69) is 44.5 Å². The quantitative estimate of drug-likeness (QED) is 0.581. The molecular weight excluding hydrogens is 436 g/mol. The van der Waals surface area contributed by atoms with Gasteiger partial charge in [0.25, 0.3) is 0 Å². The largest absolute Gasteiger partial charge is 0.380 e. The van der Waals surface area contributed by atoms with Crippen molar-refractivity contribution in [3.05, 3.63) is 64.3 Å². The summed E-state index contributed by atoms with van der Waals surface area (Å²) < 4.78 is 8.00. The second-order valence-corrected chi connectivity index (χ2v) is 9.89. The molecule has 0 aliphatic carbocycles. The van der Waals surface area contributed by atoms with E-state index >= 15 is 0 Å². The third-order valence-electron chi connectivity index (χ3n) is 7.26. The van der Waals surface area contributed by atoms with Crippen molar-refractivity contribution in [1.82, 2.24) is 24.6 Å². The van der Waals surface area contributed by atoms with Crippen molar-refractivity contribution in [3.63, 3.8) is 0 Å². The molecule has 2 fully saturated rings. The summed E-state index contributed by atoms with van der Waals surface area (Å²) in [5.41, 5.74) is 3.64. The maximum absolute atomic E-state index is 6.42. The van der Waals surface area contributed by atoms with Crippen LogP contribution in [0.1, 0.15) is 48.0 Å². The molecule has 0 bridgehead atoms. The highest BCUT2D eigenvalue weighted by Crippen LogP contribution is 2.35. The molecule has 7 nitrogen and oxygen atoms in total. The number of nitrogens with zero attached hydrogens (tertiary/aromatic N) is 6. The second-order valence-electron chi connectivity index (χ2n) is 9.46.